The molecule has 1 fully saturated rings. The second-order valence-corrected chi connectivity index (χ2v) is 8.25. The summed E-state index contributed by atoms with van der Waals surface area (Å²) in [6.45, 7) is 3.13. The Kier molecular flexibility index (Phi) is 5.54. The Hall–Kier alpha value is -2.44. The zero-order valence-electron chi connectivity index (χ0n) is 14.7. The summed E-state index contributed by atoms with van der Waals surface area (Å²) in [7, 11) is -3.43. The average Bonchev–Trinajstić information content (AvgIpc) is 3.17. The molecule has 0 bridgehead atoms. The van der Waals surface area contributed by atoms with Gasteiger partial charge in [-0.1, -0.05) is 24.3 Å². The van der Waals surface area contributed by atoms with E-state index in [2.05, 4.69) is 5.32 Å². The van der Waals surface area contributed by atoms with Gasteiger partial charge in [-0.3, -0.25) is 4.79 Å². The van der Waals surface area contributed by atoms with Gasteiger partial charge in [0.15, 0.2) is 0 Å². The van der Waals surface area contributed by atoms with Crippen LogP contribution in [0.1, 0.15) is 24.0 Å². The third-order valence-corrected chi connectivity index (χ3v) is 6.34. The molecular formula is C20H22N2O3S. The first-order valence-corrected chi connectivity index (χ1v) is 10.1. The van der Waals surface area contributed by atoms with Crippen LogP contribution in [0.5, 0.6) is 0 Å². The molecule has 1 aliphatic rings. The number of benzene rings is 2. The van der Waals surface area contributed by atoms with Crippen molar-refractivity contribution in [3.8, 4) is 0 Å². The lowest BCUT2D eigenvalue weighted by Crippen LogP contribution is -2.27. The topological polar surface area (TPSA) is 66.5 Å². The molecule has 5 nitrogen and oxygen atoms in total. The fourth-order valence-electron chi connectivity index (χ4n) is 2.91. The van der Waals surface area contributed by atoms with Crippen molar-refractivity contribution >= 4 is 27.7 Å². The highest BCUT2D eigenvalue weighted by Gasteiger charge is 2.26. The van der Waals surface area contributed by atoms with Crippen LogP contribution in [-0.2, 0) is 14.8 Å². The first-order valence-electron chi connectivity index (χ1n) is 8.62. The highest BCUT2D eigenvalue weighted by molar-refractivity contribution is 7.89. The van der Waals surface area contributed by atoms with Gasteiger partial charge in [0.25, 0.3) is 0 Å². The maximum Gasteiger partial charge on any atom is 0.248 e. The molecule has 0 radical (unpaired) electrons. The van der Waals surface area contributed by atoms with Crippen molar-refractivity contribution in [3.63, 3.8) is 0 Å². The zero-order chi connectivity index (χ0) is 18.6. The van der Waals surface area contributed by atoms with Crippen LogP contribution in [0.3, 0.4) is 0 Å². The van der Waals surface area contributed by atoms with Gasteiger partial charge in [-0.05, 0) is 61.2 Å². The minimum absolute atomic E-state index is 0.257. The largest absolute Gasteiger partial charge is 0.323 e. The third kappa shape index (κ3) is 4.20. The lowest BCUT2D eigenvalue weighted by Gasteiger charge is -2.15. The number of aryl methyl sites for hydroxylation is 1. The fraction of sp³-hybridized carbons (Fsp3) is 0.250. The van der Waals surface area contributed by atoms with Crippen LogP contribution < -0.4 is 5.32 Å². The van der Waals surface area contributed by atoms with Gasteiger partial charge in [-0.2, -0.15) is 4.31 Å². The Labute approximate surface area is 154 Å². The van der Waals surface area contributed by atoms with Crippen LogP contribution in [0, 0.1) is 6.92 Å². The van der Waals surface area contributed by atoms with Gasteiger partial charge in [0.2, 0.25) is 15.9 Å². The van der Waals surface area contributed by atoms with E-state index in [1.54, 1.807) is 18.2 Å². The quantitative estimate of drug-likeness (QED) is 0.820. The van der Waals surface area contributed by atoms with Crippen molar-refractivity contribution in [1.29, 1.82) is 0 Å². The summed E-state index contributed by atoms with van der Waals surface area (Å²) >= 11 is 0. The summed E-state index contributed by atoms with van der Waals surface area (Å²) < 4.78 is 26.5. The molecule has 1 N–H and O–H groups in total. The van der Waals surface area contributed by atoms with E-state index in [4.69, 9.17) is 0 Å². The van der Waals surface area contributed by atoms with Gasteiger partial charge in [0, 0.05) is 24.9 Å². The molecule has 0 atom stereocenters. The molecular weight excluding hydrogens is 348 g/mol. The van der Waals surface area contributed by atoms with Crippen molar-refractivity contribution in [1.82, 2.24) is 4.31 Å². The number of anilines is 1. The maximum absolute atomic E-state index is 12.5. The first kappa shape index (κ1) is 18.4. The Morgan fingerprint density at radius 1 is 1.04 bits per heavy atom. The number of hydrogen-bond acceptors (Lipinski definition) is 3. The molecule has 3 rings (SSSR count). The second-order valence-electron chi connectivity index (χ2n) is 6.31. The van der Waals surface area contributed by atoms with Crippen molar-refractivity contribution in [3.05, 3.63) is 65.7 Å². The van der Waals surface area contributed by atoms with Crippen LogP contribution in [0.2, 0.25) is 0 Å². The Morgan fingerprint density at radius 3 is 2.35 bits per heavy atom. The van der Waals surface area contributed by atoms with E-state index in [0.29, 0.717) is 18.8 Å². The van der Waals surface area contributed by atoms with E-state index < -0.39 is 10.0 Å². The van der Waals surface area contributed by atoms with Crippen LogP contribution in [0.25, 0.3) is 6.08 Å². The minimum Gasteiger partial charge on any atom is -0.323 e. The Bertz CT molecular complexity index is 912. The van der Waals surface area contributed by atoms with Crippen LogP contribution >= 0.6 is 0 Å². The van der Waals surface area contributed by atoms with Crippen molar-refractivity contribution in [2.45, 2.75) is 24.7 Å². The predicted molar refractivity (Wildman–Crippen MR) is 103 cm³/mol. The first-order chi connectivity index (χ1) is 12.5. The summed E-state index contributed by atoms with van der Waals surface area (Å²) in [5.41, 5.74) is 2.63. The molecule has 1 aliphatic heterocycles. The molecule has 0 aliphatic carbocycles. The third-order valence-electron chi connectivity index (χ3n) is 4.43. The number of hydrogen-bond donors (Lipinski definition) is 1. The van der Waals surface area contributed by atoms with Gasteiger partial charge in [0.1, 0.15) is 0 Å². The standard InChI is InChI=1S/C20H22N2O3S/c1-16-6-2-3-7-17(16)8-13-20(23)21-18-9-11-19(12-10-18)26(24,25)22-14-4-5-15-22/h2-3,6-13H,4-5,14-15H2,1H3,(H,21,23). The van der Waals surface area contributed by atoms with Gasteiger partial charge in [-0.15, -0.1) is 0 Å². The second kappa shape index (κ2) is 7.85. The molecule has 2 aromatic rings. The lowest BCUT2D eigenvalue weighted by molar-refractivity contribution is -0.111. The molecule has 0 unspecified atom stereocenters. The summed E-state index contributed by atoms with van der Waals surface area (Å²) in [5, 5.41) is 2.75. The molecule has 0 spiro atoms. The summed E-state index contributed by atoms with van der Waals surface area (Å²) in [5.74, 6) is -0.261. The van der Waals surface area contributed by atoms with Gasteiger partial charge < -0.3 is 5.32 Å². The molecule has 6 heteroatoms. The molecule has 1 saturated heterocycles. The maximum atomic E-state index is 12.5. The monoisotopic (exact) mass is 370 g/mol. The fourth-order valence-corrected chi connectivity index (χ4v) is 4.43. The average molecular weight is 370 g/mol. The van der Waals surface area contributed by atoms with Crippen molar-refractivity contribution < 1.29 is 13.2 Å². The van der Waals surface area contributed by atoms with Gasteiger partial charge >= 0.3 is 0 Å². The van der Waals surface area contributed by atoms with E-state index in [0.717, 1.165) is 24.0 Å². The van der Waals surface area contributed by atoms with E-state index in [1.807, 2.05) is 31.2 Å². The van der Waals surface area contributed by atoms with E-state index in [1.165, 1.54) is 22.5 Å². The minimum atomic E-state index is -3.43. The van der Waals surface area contributed by atoms with Gasteiger partial charge in [-0.25, -0.2) is 8.42 Å². The summed E-state index contributed by atoms with van der Waals surface area (Å²) in [6.07, 6.45) is 5.04. The van der Waals surface area contributed by atoms with E-state index >= 15 is 0 Å². The molecule has 2 aromatic carbocycles. The van der Waals surface area contributed by atoms with Crippen molar-refractivity contribution in [2.75, 3.05) is 18.4 Å². The van der Waals surface area contributed by atoms with Crippen LogP contribution in [0.15, 0.2) is 59.5 Å². The number of nitrogens with one attached hydrogen (secondary N) is 1. The van der Waals surface area contributed by atoms with Gasteiger partial charge in [0.05, 0.1) is 4.90 Å². The molecule has 0 saturated carbocycles. The molecule has 26 heavy (non-hydrogen) atoms. The number of carbonyl (C=O) groups is 1. The van der Waals surface area contributed by atoms with E-state index in [-0.39, 0.29) is 10.8 Å². The van der Waals surface area contributed by atoms with E-state index in [9.17, 15) is 13.2 Å². The Morgan fingerprint density at radius 2 is 1.69 bits per heavy atom. The number of nitrogens with zero attached hydrogens (tertiary/aromatic N) is 1. The predicted octanol–water partition coefficient (Wildman–Crippen LogP) is 3.43. The van der Waals surface area contributed by atoms with Crippen LogP contribution in [-0.4, -0.2) is 31.7 Å². The number of rotatable bonds is 5. The normalized spacial score (nSPS) is 15.4. The summed E-state index contributed by atoms with van der Waals surface area (Å²) in [4.78, 5) is 12.3. The number of sulfonamides is 1. The smallest absolute Gasteiger partial charge is 0.248 e. The molecule has 1 heterocycles. The highest BCUT2D eigenvalue weighted by atomic mass is 32.2. The van der Waals surface area contributed by atoms with Crippen LogP contribution in [0.4, 0.5) is 5.69 Å². The lowest BCUT2D eigenvalue weighted by atomic mass is 10.1. The highest BCUT2D eigenvalue weighted by Crippen LogP contribution is 2.22. The molecule has 0 aromatic heterocycles. The van der Waals surface area contributed by atoms with Crippen molar-refractivity contribution in [2.24, 2.45) is 0 Å². The molecule has 1 amide bonds. The zero-order valence-corrected chi connectivity index (χ0v) is 15.5. The molecule has 136 valence electrons. The SMILES string of the molecule is Cc1ccccc1C=CC(=O)Nc1ccc(S(=O)(=O)N2CCCC2)cc1. The summed E-state index contributed by atoms with van der Waals surface area (Å²) in [6, 6.07) is 14.1. The Balaban J connectivity index is 1.65. The number of carbonyl (C=O) groups excluding carboxylic acids is 1. The number of amides is 1.